The number of halogens is 2. The zero-order valence-corrected chi connectivity index (χ0v) is 13.4. The molecule has 1 aromatic rings. The lowest BCUT2D eigenvalue weighted by Crippen LogP contribution is -2.37. The van der Waals surface area contributed by atoms with Crippen LogP contribution >= 0.6 is 43.2 Å². The van der Waals surface area contributed by atoms with Gasteiger partial charge in [0.25, 0.3) is 5.91 Å². The summed E-state index contributed by atoms with van der Waals surface area (Å²) in [7, 11) is 1.70. The third-order valence-electron chi connectivity index (χ3n) is 2.20. The molecule has 0 aliphatic rings. The van der Waals surface area contributed by atoms with E-state index in [9.17, 15) is 9.59 Å². The molecule has 17 heavy (non-hydrogen) atoms. The van der Waals surface area contributed by atoms with Crippen LogP contribution in [-0.2, 0) is 4.79 Å². The summed E-state index contributed by atoms with van der Waals surface area (Å²) < 4.78 is 1.62. The van der Waals surface area contributed by atoms with Gasteiger partial charge in [-0.25, -0.2) is 0 Å². The zero-order chi connectivity index (χ0) is 13.0. The summed E-state index contributed by atoms with van der Waals surface area (Å²) in [4.78, 5) is 24.8. The first-order valence-electron chi connectivity index (χ1n) is 4.92. The fourth-order valence-electron chi connectivity index (χ4n) is 1.06. The van der Waals surface area contributed by atoms with E-state index in [-0.39, 0.29) is 18.4 Å². The Morgan fingerprint density at radius 3 is 2.59 bits per heavy atom. The van der Waals surface area contributed by atoms with E-state index in [0.29, 0.717) is 12.1 Å². The van der Waals surface area contributed by atoms with E-state index < -0.39 is 0 Å². The average Bonchev–Trinajstić information content (AvgIpc) is 2.63. The minimum absolute atomic E-state index is 0.0169. The Kier molecular flexibility index (Phi) is 5.61. The molecular formula is C10H12Br2N2O2S. The van der Waals surface area contributed by atoms with Gasteiger partial charge in [0.1, 0.15) is 0 Å². The molecule has 0 spiro atoms. The van der Waals surface area contributed by atoms with Crippen molar-refractivity contribution < 1.29 is 9.59 Å². The van der Waals surface area contributed by atoms with Crippen molar-refractivity contribution >= 4 is 55.0 Å². The molecule has 0 bridgehead atoms. The van der Waals surface area contributed by atoms with Crippen LogP contribution in [0, 0.1) is 0 Å². The Labute approximate surface area is 121 Å². The summed E-state index contributed by atoms with van der Waals surface area (Å²) in [6, 6.07) is 1.72. The molecule has 0 radical (unpaired) electrons. The molecule has 0 aromatic carbocycles. The standard InChI is InChI=1S/C10H12Br2N2O2S/c1-3-14(2)8(15)5-13-10(16)6-4-7(11)17-9(6)12/h4H,3,5H2,1-2H3,(H,13,16). The number of nitrogens with zero attached hydrogens (tertiary/aromatic N) is 1. The highest BCUT2D eigenvalue weighted by Crippen LogP contribution is 2.31. The van der Waals surface area contributed by atoms with Crippen LogP contribution in [0.5, 0.6) is 0 Å². The van der Waals surface area contributed by atoms with Crippen LogP contribution in [-0.4, -0.2) is 36.9 Å². The summed E-state index contributed by atoms with van der Waals surface area (Å²) in [5, 5.41) is 2.59. The van der Waals surface area contributed by atoms with Crippen molar-refractivity contribution in [3.8, 4) is 0 Å². The lowest BCUT2D eigenvalue weighted by Gasteiger charge is -2.14. The lowest BCUT2D eigenvalue weighted by atomic mass is 10.3. The molecule has 1 N–H and O–H groups in total. The van der Waals surface area contributed by atoms with Gasteiger partial charge in [-0.2, -0.15) is 0 Å². The molecule has 0 saturated heterocycles. The number of hydrogen-bond acceptors (Lipinski definition) is 3. The molecule has 1 heterocycles. The van der Waals surface area contributed by atoms with Gasteiger partial charge in [-0.3, -0.25) is 9.59 Å². The molecule has 7 heteroatoms. The number of hydrogen-bond donors (Lipinski definition) is 1. The second kappa shape index (κ2) is 6.51. The van der Waals surface area contributed by atoms with Gasteiger partial charge in [0.05, 0.1) is 19.7 Å². The van der Waals surface area contributed by atoms with Crippen LogP contribution in [0.4, 0.5) is 0 Å². The van der Waals surface area contributed by atoms with E-state index >= 15 is 0 Å². The number of rotatable bonds is 4. The Balaban J connectivity index is 2.56. The number of amides is 2. The third-order valence-corrected chi connectivity index (χ3v) is 4.54. The summed E-state index contributed by atoms with van der Waals surface area (Å²) in [5.41, 5.74) is 0.536. The number of nitrogens with one attached hydrogen (secondary N) is 1. The molecule has 0 unspecified atom stereocenters. The maximum absolute atomic E-state index is 11.8. The fraction of sp³-hybridized carbons (Fsp3) is 0.400. The van der Waals surface area contributed by atoms with Crippen LogP contribution in [0.3, 0.4) is 0 Å². The van der Waals surface area contributed by atoms with Crippen LogP contribution in [0.1, 0.15) is 17.3 Å². The second-order valence-corrected chi connectivity index (χ2v) is 7.08. The highest BCUT2D eigenvalue weighted by molar-refractivity contribution is 9.12. The van der Waals surface area contributed by atoms with E-state index in [0.717, 1.165) is 7.57 Å². The van der Waals surface area contributed by atoms with Gasteiger partial charge in [0.2, 0.25) is 5.91 Å². The quantitative estimate of drug-likeness (QED) is 0.868. The van der Waals surface area contributed by atoms with Crippen molar-refractivity contribution in [3.05, 3.63) is 19.2 Å². The molecule has 0 aliphatic heterocycles. The smallest absolute Gasteiger partial charge is 0.253 e. The van der Waals surface area contributed by atoms with Crippen molar-refractivity contribution in [3.63, 3.8) is 0 Å². The lowest BCUT2D eigenvalue weighted by molar-refractivity contribution is -0.128. The van der Waals surface area contributed by atoms with Crippen LogP contribution in [0.15, 0.2) is 13.6 Å². The first kappa shape index (κ1) is 14.7. The molecule has 2 amide bonds. The van der Waals surface area contributed by atoms with Gasteiger partial charge in [0, 0.05) is 13.6 Å². The number of carbonyl (C=O) groups is 2. The van der Waals surface area contributed by atoms with Crippen LogP contribution < -0.4 is 5.32 Å². The predicted octanol–water partition coefficient (Wildman–Crippen LogP) is 2.48. The van der Waals surface area contributed by atoms with Crippen LogP contribution in [0.2, 0.25) is 0 Å². The number of carbonyl (C=O) groups excluding carboxylic acids is 2. The van der Waals surface area contributed by atoms with E-state index in [1.54, 1.807) is 18.0 Å². The molecule has 1 aromatic heterocycles. The number of thiophene rings is 1. The highest BCUT2D eigenvalue weighted by atomic mass is 79.9. The minimum Gasteiger partial charge on any atom is -0.345 e. The molecular weight excluding hydrogens is 372 g/mol. The van der Waals surface area contributed by atoms with E-state index in [2.05, 4.69) is 37.2 Å². The van der Waals surface area contributed by atoms with E-state index in [4.69, 9.17) is 0 Å². The van der Waals surface area contributed by atoms with Gasteiger partial charge < -0.3 is 10.2 Å². The summed E-state index contributed by atoms with van der Waals surface area (Å²) in [6.07, 6.45) is 0. The third kappa shape index (κ3) is 4.08. The van der Waals surface area contributed by atoms with Crippen molar-refractivity contribution in [1.29, 1.82) is 0 Å². The molecule has 94 valence electrons. The van der Waals surface area contributed by atoms with Crippen molar-refractivity contribution in [2.75, 3.05) is 20.1 Å². The highest BCUT2D eigenvalue weighted by Gasteiger charge is 2.15. The Hall–Kier alpha value is -0.400. The van der Waals surface area contributed by atoms with Crippen LogP contribution in [0.25, 0.3) is 0 Å². The number of likely N-dealkylation sites (N-methyl/N-ethyl adjacent to an activating group) is 1. The normalized spacial score (nSPS) is 10.1. The summed E-state index contributed by atoms with van der Waals surface area (Å²) in [5.74, 6) is -0.358. The summed E-state index contributed by atoms with van der Waals surface area (Å²) in [6.45, 7) is 2.53. The minimum atomic E-state index is -0.253. The van der Waals surface area contributed by atoms with Gasteiger partial charge in [-0.05, 0) is 44.8 Å². The van der Waals surface area contributed by atoms with Gasteiger partial charge in [-0.1, -0.05) is 0 Å². The molecule has 0 saturated carbocycles. The van der Waals surface area contributed by atoms with Crippen molar-refractivity contribution in [2.45, 2.75) is 6.92 Å². The maximum atomic E-state index is 11.8. The van der Waals surface area contributed by atoms with E-state index in [1.165, 1.54) is 11.3 Å². The monoisotopic (exact) mass is 382 g/mol. The van der Waals surface area contributed by atoms with Gasteiger partial charge in [0.15, 0.2) is 0 Å². The zero-order valence-electron chi connectivity index (χ0n) is 9.42. The maximum Gasteiger partial charge on any atom is 0.253 e. The molecule has 0 atom stereocenters. The molecule has 0 fully saturated rings. The van der Waals surface area contributed by atoms with Gasteiger partial charge in [-0.15, -0.1) is 11.3 Å². The Morgan fingerprint density at radius 2 is 2.12 bits per heavy atom. The molecule has 1 rings (SSSR count). The first-order valence-corrected chi connectivity index (χ1v) is 7.33. The SMILES string of the molecule is CCN(C)C(=O)CNC(=O)c1cc(Br)sc1Br. The van der Waals surface area contributed by atoms with E-state index in [1.807, 2.05) is 6.92 Å². The van der Waals surface area contributed by atoms with Gasteiger partial charge >= 0.3 is 0 Å². The van der Waals surface area contributed by atoms with Crippen molar-refractivity contribution in [1.82, 2.24) is 10.2 Å². The Bertz CT molecular complexity index is 434. The second-order valence-electron chi connectivity index (χ2n) is 3.33. The molecule has 0 aliphatic carbocycles. The Morgan fingerprint density at radius 1 is 1.47 bits per heavy atom. The predicted molar refractivity (Wildman–Crippen MR) is 75.4 cm³/mol. The topological polar surface area (TPSA) is 49.4 Å². The van der Waals surface area contributed by atoms with Crippen molar-refractivity contribution in [2.24, 2.45) is 0 Å². The largest absolute Gasteiger partial charge is 0.345 e. The average molecular weight is 384 g/mol. The first-order chi connectivity index (χ1) is 7.95. The fourth-order valence-corrected chi connectivity index (χ4v) is 3.85. The molecule has 4 nitrogen and oxygen atoms in total. The summed E-state index contributed by atoms with van der Waals surface area (Å²) >= 11 is 8.02.